The summed E-state index contributed by atoms with van der Waals surface area (Å²) in [6.45, 7) is 6.14. The molecular formula is C9H13NS. The minimum atomic E-state index is 0.571. The van der Waals surface area contributed by atoms with Crippen molar-refractivity contribution in [2.45, 2.75) is 37.5 Å². The molecule has 0 amide bonds. The highest BCUT2D eigenvalue weighted by Gasteiger charge is 2.31. The van der Waals surface area contributed by atoms with Crippen LogP contribution in [0.1, 0.15) is 26.2 Å². The van der Waals surface area contributed by atoms with Crippen LogP contribution in [0, 0.1) is 0 Å². The van der Waals surface area contributed by atoms with Crippen molar-refractivity contribution in [3.8, 4) is 0 Å². The molecular weight excluding hydrogens is 154 g/mol. The van der Waals surface area contributed by atoms with Crippen molar-refractivity contribution in [1.82, 2.24) is 0 Å². The van der Waals surface area contributed by atoms with Crippen LogP contribution >= 0.6 is 11.8 Å². The third kappa shape index (κ3) is 1.36. The molecule has 0 aromatic carbocycles. The Kier molecular flexibility index (Phi) is 1.80. The molecule has 2 atom stereocenters. The van der Waals surface area contributed by atoms with Gasteiger partial charge in [-0.15, -0.1) is 11.8 Å². The second-order valence-electron chi connectivity index (χ2n) is 3.36. The van der Waals surface area contributed by atoms with Crippen LogP contribution in [-0.2, 0) is 0 Å². The average molecular weight is 167 g/mol. The van der Waals surface area contributed by atoms with Gasteiger partial charge in [-0.05, 0) is 26.2 Å². The molecule has 0 N–H and O–H groups in total. The van der Waals surface area contributed by atoms with Crippen molar-refractivity contribution in [2.75, 3.05) is 0 Å². The number of fused-ring (bicyclic) bond motifs is 1. The fraction of sp³-hybridized carbons (Fsp3) is 0.667. The zero-order valence-electron chi connectivity index (χ0n) is 6.84. The Morgan fingerprint density at radius 3 is 3.27 bits per heavy atom. The van der Waals surface area contributed by atoms with Gasteiger partial charge in [0.15, 0.2) is 0 Å². The van der Waals surface area contributed by atoms with E-state index in [9.17, 15) is 0 Å². The Hall–Kier alpha value is -0.240. The van der Waals surface area contributed by atoms with E-state index in [0.717, 1.165) is 11.7 Å². The van der Waals surface area contributed by atoms with Crippen molar-refractivity contribution in [3.63, 3.8) is 0 Å². The van der Waals surface area contributed by atoms with E-state index in [0.29, 0.717) is 6.04 Å². The molecule has 1 heterocycles. The first-order valence-electron chi connectivity index (χ1n) is 4.13. The topological polar surface area (TPSA) is 12.4 Å². The first kappa shape index (κ1) is 7.41. The monoisotopic (exact) mass is 167 g/mol. The van der Waals surface area contributed by atoms with Crippen LogP contribution in [0.15, 0.2) is 17.1 Å². The zero-order chi connectivity index (χ0) is 7.84. The maximum absolute atomic E-state index is 4.58. The molecule has 0 aromatic heterocycles. The van der Waals surface area contributed by atoms with Gasteiger partial charge < -0.3 is 0 Å². The Labute approximate surface area is 72.0 Å². The third-order valence-corrected chi connectivity index (χ3v) is 3.68. The summed E-state index contributed by atoms with van der Waals surface area (Å²) in [6.07, 6.45) is 3.64. The van der Waals surface area contributed by atoms with Crippen molar-refractivity contribution in [1.29, 1.82) is 0 Å². The lowest BCUT2D eigenvalue weighted by atomic mass is 9.92. The third-order valence-electron chi connectivity index (χ3n) is 2.38. The molecule has 2 aliphatic rings. The maximum atomic E-state index is 4.58. The summed E-state index contributed by atoms with van der Waals surface area (Å²) in [5, 5.41) is 2.05. The number of rotatable bonds is 0. The van der Waals surface area contributed by atoms with Gasteiger partial charge >= 0.3 is 0 Å². The largest absolute Gasteiger partial charge is 0.278 e. The van der Waals surface area contributed by atoms with Gasteiger partial charge in [0.1, 0.15) is 0 Å². The number of hydrogen-bond acceptors (Lipinski definition) is 2. The molecule has 1 aliphatic carbocycles. The van der Waals surface area contributed by atoms with Crippen LogP contribution < -0.4 is 0 Å². The summed E-state index contributed by atoms with van der Waals surface area (Å²) in [5.41, 5.74) is 1.39. The first-order chi connectivity index (χ1) is 5.25. The lowest BCUT2D eigenvalue weighted by Crippen LogP contribution is -2.22. The average Bonchev–Trinajstić information content (AvgIpc) is 2.27. The molecule has 1 nitrogen and oxygen atoms in total. The normalized spacial score (nSPS) is 36.8. The second kappa shape index (κ2) is 2.67. The highest BCUT2D eigenvalue weighted by atomic mass is 32.2. The van der Waals surface area contributed by atoms with Gasteiger partial charge in [0.2, 0.25) is 0 Å². The number of hydrogen-bond donors (Lipinski definition) is 0. The van der Waals surface area contributed by atoms with Crippen LogP contribution in [0.5, 0.6) is 0 Å². The molecule has 0 aromatic rings. The van der Waals surface area contributed by atoms with E-state index in [4.69, 9.17) is 0 Å². The number of thioether (sulfide) groups is 1. The van der Waals surface area contributed by atoms with E-state index in [1.807, 2.05) is 11.8 Å². The quantitative estimate of drug-likeness (QED) is 0.505. The van der Waals surface area contributed by atoms with Gasteiger partial charge in [-0.3, -0.25) is 4.99 Å². The van der Waals surface area contributed by atoms with Crippen LogP contribution in [0.3, 0.4) is 0 Å². The molecule has 1 saturated carbocycles. The van der Waals surface area contributed by atoms with Crippen LogP contribution in [0.4, 0.5) is 0 Å². The molecule has 1 aliphatic heterocycles. The van der Waals surface area contributed by atoms with E-state index in [1.54, 1.807) is 0 Å². The van der Waals surface area contributed by atoms with Gasteiger partial charge in [0.25, 0.3) is 0 Å². The molecule has 1 fully saturated rings. The standard InChI is InChI=1S/C9H13NS/c1-6-3-4-9-8(5-6)10-7(2)11-9/h8-9H,1,3-5H2,2H3. The lowest BCUT2D eigenvalue weighted by molar-refractivity contribution is 0.544. The summed E-state index contributed by atoms with van der Waals surface area (Å²) < 4.78 is 0. The molecule has 0 radical (unpaired) electrons. The maximum Gasteiger partial charge on any atom is 0.0668 e. The van der Waals surface area contributed by atoms with Crippen molar-refractivity contribution in [2.24, 2.45) is 4.99 Å². The summed E-state index contributed by atoms with van der Waals surface area (Å²) in [4.78, 5) is 4.58. The van der Waals surface area contributed by atoms with Crippen molar-refractivity contribution < 1.29 is 0 Å². The lowest BCUT2D eigenvalue weighted by Gasteiger charge is -2.23. The molecule has 0 bridgehead atoms. The highest BCUT2D eigenvalue weighted by Crippen LogP contribution is 2.38. The number of aliphatic imine (C=N–C) groups is 1. The predicted molar refractivity (Wildman–Crippen MR) is 51.3 cm³/mol. The Morgan fingerprint density at radius 1 is 1.64 bits per heavy atom. The zero-order valence-corrected chi connectivity index (χ0v) is 7.66. The van der Waals surface area contributed by atoms with Crippen molar-refractivity contribution >= 4 is 16.8 Å². The summed E-state index contributed by atoms with van der Waals surface area (Å²) >= 11 is 1.96. The minimum Gasteiger partial charge on any atom is -0.278 e. The van der Waals surface area contributed by atoms with Gasteiger partial charge in [-0.1, -0.05) is 12.2 Å². The minimum absolute atomic E-state index is 0.571. The molecule has 11 heavy (non-hydrogen) atoms. The highest BCUT2D eigenvalue weighted by molar-refractivity contribution is 8.14. The van der Waals surface area contributed by atoms with E-state index in [-0.39, 0.29) is 0 Å². The predicted octanol–water partition coefficient (Wildman–Crippen LogP) is 2.63. The Bertz CT molecular complexity index is 220. The van der Waals surface area contributed by atoms with Gasteiger partial charge in [-0.25, -0.2) is 0 Å². The Morgan fingerprint density at radius 2 is 2.45 bits per heavy atom. The summed E-state index contributed by atoms with van der Waals surface area (Å²) in [7, 11) is 0. The van der Waals surface area contributed by atoms with E-state index in [2.05, 4.69) is 18.5 Å². The SMILES string of the molecule is C=C1CCC2SC(C)=NC2C1. The van der Waals surface area contributed by atoms with E-state index in [1.165, 1.54) is 23.5 Å². The number of nitrogens with zero attached hydrogens (tertiary/aromatic N) is 1. The van der Waals surface area contributed by atoms with Gasteiger partial charge in [0, 0.05) is 5.25 Å². The van der Waals surface area contributed by atoms with Crippen LogP contribution in [0.2, 0.25) is 0 Å². The molecule has 2 unspecified atom stereocenters. The fourth-order valence-corrected chi connectivity index (χ4v) is 3.00. The van der Waals surface area contributed by atoms with Gasteiger partial charge in [0.05, 0.1) is 11.1 Å². The summed E-state index contributed by atoms with van der Waals surface area (Å²) in [6, 6.07) is 0.571. The van der Waals surface area contributed by atoms with Crippen LogP contribution in [0.25, 0.3) is 0 Å². The van der Waals surface area contributed by atoms with Crippen LogP contribution in [-0.4, -0.2) is 16.3 Å². The van der Waals surface area contributed by atoms with E-state index >= 15 is 0 Å². The first-order valence-corrected chi connectivity index (χ1v) is 5.01. The van der Waals surface area contributed by atoms with Crippen molar-refractivity contribution in [3.05, 3.63) is 12.2 Å². The molecule has 2 rings (SSSR count). The molecule has 0 saturated heterocycles. The molecule has 2 heteroatoms. The van der Waals surface area contributed by atoms with E-state index < -0.39 is 0 Å². The molecule has 0 spiro atoms. The second-order valence-corrected chi connectivity index (χ2v) is 4.80. The fourth-order valence-electron chi connectivity index (χ4n) is 1.82. The van der Waals surface area contributed by atoms with Gasteiger partial charge in [-0.2, -0.15) is 0 Å². The molecule has 60 valence electrons. The smallest absolute Gasteiger partial charge is 0.0668 e. The Balaban J connectivity index is 2.10. The summed E-state index contributed by atoms with van der Waals surface area (Å²) in [5.74, 6) is 0.